The zero-order valence-corrected chi connectivity index (χ0v) is 13.4. The predicted octanol–water partition coefficient (Wildman–Crippen LogP) is 2.83. The molecule has 0 aliphatic rings. The maximum absolute atomic E-state index is 4.71. The van der Waals surface area contributed by atoms with Gasteiger partial charge in [0.2, 0.25) is 0 Å². The fraction of sp³-hybridized carbons (Fsp3) is 0.167. The van der Waals surface area contributed by atoms with Crippen LogP contribution in [-0.4, -0.2) is 24.3 Å². The molecule has 0 atom stereocenters. The minimum Gasteiger partial charge on any atom is -0.378 e. The lowest BCUT2D eigenvalue weighted by atomic mass is 10.2. The first kappa shape index (κ1) is 14.4. The summed E-state index contributed by atoms with van der Waals surface area (Å²) < 4.78 is 3.94. The number of aryl methyl sites for hydroxylation is 1. The number of rotatable bonds is 5. The highest BCUT2D eigenvalue weighted by Crippen LogP contribution is 2.19. The van der Waals surface area contributed by atoms with Crippen LogP contribution in [0.2, 0.25) is 0 Å². The summed E-state index contributed by atoms with van der Waals surface area (Å²) in [6.45, 7) is 1.35. The van der Waals surface area contributed by atoms with E-state index < -0.39 is 0 Å². The Hall–Kier alpha value is -3.15. The molecule has 24 heavy (non-hydrogen) atoms. The third-order valence-corrected chi connectivity index (χ3v) is 4.13. The number of hydrogen-bond acceptors (Lipinski definition) is 4. The number of aromatic nitrogens is 5. The van der Waals surface area contributed by atoms with E-state index in [1.165, 1.54) is 5.56 Å². The number of benzene rings is 2. The van der Waals surface area contributed by atoms with Crippen molar-refractivity contribution in [1.29, 1.82) is 0 Å². The summed E-state index contributed by atoms with van der Waals surface area (Å²) >= 11 is 0. The molecule has 0 aliphatic heterocycles. The number of fused-ring (bicyclic) bond motifs is 1. The molecular weight excluding hydrogens is 300 g/mol. The molecule has 0 amide bonds. The molecule has 2 aromatic carbocycles. The van der Waals surface area contributed by atoms with Crippen molar-refractivity contribution >= 4 is 16.7 Å². The first-order chi connectivity index (χ1) is 11.8. The molecule has 0 bridgehead atoms. The van der Waals surface area contributed by atoms with Crippen LogP contribution in [0.3, 0.4) is 0 Å². The van der Waals surface area contributed by atoms with E-state index in [1.807, 2.05) is 42.1 Å². The highest BCUT2D eigenvalue weighted by molar-refractivity contribution is 5.75. The normalized spacial score (nSPS) is 11.0. The van der Waals surface area contributed by atoms with E-state index in [1.54, 1.807) is 12.7 Å². The van der Waals surface area contributed by atoms with Crippen LogP contribution >= 0.6 is 0 Å². The first-order valence-corrected chi connectivity index (χ1v) is 7.86. The molecule has 0 radical (unpaired) electrons. The summed E-state index contributed by atoms with van der Waals surface area (Å²) in [5.41, 5.74) is 4.42. The Kier molecular flexibility index (Phi) is 3.70. The number of para-hydroxylation sites is 3. The van der Waals surface area contributed by atoms with Gasteiger partial charge in [0.15, 0.2) is 0 Å². The van der Waals surface area contributed by atoms with Crippen LogP contribution in [0.5, 0.6) is 0 Å². The zero-order valence-electron chi connectivity index (χ0n) is 13.4. The van der Waals surface area contributed by atoms with Crippen LogP contribution in [0.1, 0.15) is 11.4 Å². The Balaban J connectivity index is 1.56. The summed E-state index contributed by atoms with van der Waals surface area (Å²) in [6, 6.07) is 16.4. The highest BCUT2D eigenvalue weighted by Gasteiger charge is 2.08. The summed E-state index contributed by atoms with van der Waals surface area (Å²) in [4.78, 5) is 8.70. The molecule has 0 unspecified atom stereocenters. The summed E-state index contributed by atoms with van der Waals surface area (Å²) in [5, 5.41) is 7.67. The fourth-order valence-electron chi connectivity index (χ4n) is 2.85. The molecule has 0 aliphatic carbocycles. The van der Waals surface area contributed by atoms with Crippen LogP contribution in [0.15, 0.2) is 61.2 Å². The number of hydrogen-bond donors (Lipinski definition) is 1. The first-order valence-electron chi connectivity index (χ1n) is 7.86. The molecular formula is C18H18N6. The van der Waals surface area contributed by atoms with Gasteiger partial charge in [-0.3, -0.25) is 0 Å². The van der Waals surface area contributed by atoms with E-state index in [-0.39, 0.29) is 0 Å². The van der Waals surface area contributed by atoms with Crippen molar-refractivity contribution in [3.63, 3.8) is 0 Å². The molecule has 4 aromatic rings. The van der Waals surface area contributed by atoms with Gasteiger partial charge in [0, 0.05) is 12.7 Å². The summed E-state index contributed by atoms with van der Waals surface area (Å²) in [5.74, 6) is 1.01. The van der Waals surface area contributed by atoms with Crippen molar-refractivity contribution in [2.24, 2.45) is 7.05 Å². The molecule has 6 heteroatoms. The monoisotopic (exact) mass is 318 g/mol. The van der Waals surface area contributed by atoms with Gasteiger partial charge in [-0.15, -0.1) is 0 Å². The minimum atomic E-state index is 0.666. The van der Waals surface area contributed by atoms with Gasteiger partial charge < -0.3 is 9.88 Å². The average molecular weight is 318 g/mol. The van der Waals surface area contributed by atoms with Gasteiger partial charge >= 0.3 is 0 Å². The SMILES string of the molecule is Cn1c(CNc2ccccc2Cn2cncn2)nc2ccccc21. The largest absolute Gasteiger partial charge is 0.378 e. The van der Waals surface area contributed by atoms with Crippen molar-refractivity contribution < 1.29 is 0 Å². The van der Waals surface area contributed by atoms with Crippen molar-refractivity contribution in [3.05, 3.63) is 72.6 Å². The maximum Gasteiger partial charge on any atom is 0.137 e. The topological polar surface area (TPSA) is 60.6 Å². The van der Waals surface area contributed by atoms with Gasteiger partial charge in [0.1, 0.15) is 18.5 Å². The quantitative estimate of drug-likeness (QED) is 0.615. The molecule has 2 heterocycles. The van der Waals surface area contributed by atoms with Gasteiger partial charge in [-0.05, 0) is 23.8 Å². The second kappa shape index (κ2) is 6.16. The fourth-order valence-corrected chi connectivity index (χ4v) is 2.85. The Labute approximate surface area is 139 Å². The minimum absolute atomic E-state index is 0.666. The van der Waals surface area contributed by atoms with Crippen molar-refractivity contribution in [2.45, 2.75) is 13.1 Å². The average Bonchev–Trinajstić information content (AvgIpc) is 3.23. The number of nitrogens with zero attached hydrogens (tertiary/aromatic N) is 5. The van der Waals surface area contributed by atoms with Crippen LogP contribution in [0.25, 0.3) is 11.0 Å². The smallest absolute Gasteiger partial charge is 0.137 e. The molecule has 1 N–H and O–H groups in total. The highest BCUT2D eigenvalue weighted by atomic mass is 15.3. The van der Waals surface area contributed by atoms with Crippen LogP contribution in [0, 0.1) is 0 Å². The molecule has 0 saturated carbocycles. The lowest BCUT2D eigenvalue weighted by Gasteiger charge is -2.12. The lowest BCUT2D eigenvalue weighted by Crippen LogP contribution is -2.09. The molecule has 0 saturated heterocycles. The van der Waals surface area contributed by atoms with E-state index in [2.05, 4.69) is 38.2 Å². The van der Waals surface area contributed by atoms with Crippen molar-refractivity contribution in [2.75, 3.05) is 5.32 Å². The Morgan fingerprint density at radius 1 is 1.04 bits per heavy atom. The third kappa shape index (κ3) is 2.74. The van der Waals surface area contributed by atoms with Crippen molar-refractivity contribution in [3.8, 4) is 0 Å². The Morgan fingerprint density at radius 3 is 2.71 bits per heavy atom. The summed E-state index contributed by atoms with van der Waals surface area (Å²) in [6.07, 6.45) is 3.28. The molecule has 2 aromatic heterocycles. The van der Waals surface area contributed by atoms with Gasteiger partial charge in [0.25, 0.3) is 0 Å². The van der Waals surface area contributed by atoms with Gasteiger partial charge in [-0.25, -0.2) is 14.6 Å². The van der Waals surface area contributed by atoms with Crippen molar-refractivity contribution in [1.82, 2.24) is 24.3 Å². The van der Waals surface area contributed by atoms with E-state index in [0.29, 0.717) is 13.1 Å². The van der Waals surface area contributed by atoms with E-state index in [4.69, 9.17) is 4.98 Å². The van der Waals surface area contributed by atoms with Gasteiger partial charge in [0.05, 0.1) is 24.1 Å². The third-order valence-electron chi connectivity index (χ3n) is 4.13. The molecule has 120 valence electrons. The number of nitrogens with one attached hydrogen (secondary N) is 1. The number of imidazole rings is 1. The molecule has 6 nitrogen and oxygen atoms in total. The Bertz CT molecular complexity index is 955. The summed E-state index contributed by atoms with van der Waals surface area (Å²) in [7, 11) is 2.05. The van der Waals surface area contributed by atoms with Crippen LogP contribution in [-0.2, 0) is 20.1 Å². The maximum atomic E-state index is 4.71. The van der Waals surface area contributed by atoms with E-state index in [9.17, 15) is 0 Å². The second-order valence-electron chi connectivity index (χ2n) is 5.68. The molecule has 0 spiro atoms. The lowest BCUT2D eigenvalue weighted by molar-refractivity contribution is 0.685. The standard InChI is InChI=1S/C18H18N6/c1-23-17-9-5-4-8-16(17)22-18(23)10-20-15-7-3-2-6-14(15)11-24-13-19-12-21-24/h2-9,12-13,20H,10-11H2,1H3. The Morgan fingerprint density at radius 2 is 1.88 bits per heavy atom. The van der Waals surface area contributed by atoms with Gasteiger partial charge in [-0.1, -0.05) is 30.3 Å². The van der Waals surface area contributed by atoms with E-state index in [0.717, 1.165) is 22.5 Å². The molecule has 0 fully saturated rings. The zero-order chi connectivity index (χ0) is 16.4. The van der Waals surface area contributed by atoms with Crippen LogP contribution < -0.4 is 5.32 Å². The van der Waals surface area contributed by atoms with Gasteiger partial charge in [-0.2, -0.15) is 5.10 Å². The van der Waals surface area contributed by atoms with E-state index >= 15 is 0 Å². The second-order valence-corrected chi connectivity index (χ2v) is 5.68. The predicted molar refractivity (Wildman–Crippen MR) is 93.6 cm³/mol. The molecule has 4 rings (SSSR count). The number of anilines is 1. The van der Waals surface area contributed by atoms with Crippen LogP contribution in [0.4, 0.5) is 5.69 Å².